The fourth-order valence-electron chi connectivity index (χ4n) is 2.25. The average molecular weight is 401 g/mol. The van der Waals surface area contributed by atoms with Gasteiger partial charge in [-0.25, -0.2) is 4.39 Å². The van der Waals surface area contributed by atoms with Gasteiger partial charge in [-0.2, -0.15) is 0 Å². The highest BCUT2D eigenvalue weighted by molar-refractivity contribution is 9.11. The first kappa shape index (κ1) is 18.3. The summed E-state index contributed by atoms with van der Waals surface area (Å²) < 4.78 is 30.3. The quantitative estimate of drug-likeness (QED) is 0.731. The Morgan fingerprint density at radius 2 is 2.12 bits per heavy atom. The second kappa shape index (κ2) is 7.25. The number of esters is 1. The van der Waals surface area contributed by atoms with Gasteiger partial charge in [-0.05, 0) is 41.9 Å². The maximum absolute atomic E-state index is 14.2. The standard InChI is InChI=1S/C17H18BrFO5/c1-4-23-15(20)7-10-5-6-11(22-3)8-13(10)24-17(2)14(19)9-12(18)16(17)21/h5-6,8-9,21H,4,7H2,1-3H3. The molecule has 1 aliphatic rings. The fraction of sp³-hybridized carbons (Fsp3) is 0.353. The summed E-state index contributed by atoms with van der Waals surface area (Å²) in [5.41, 5.74) is -1.17. The van der Waals surface area contributed by atoms with E-state index < -0.39 is 17.4 Å². The minimum Gasteiger partial charge on any atom is -0.507 e. The van der Waals surface area contributed by atoms with Gasteiger partial charge in [0.25, 0.3) is 0 Å². The third-order valence-electron chi connectivity index (χ3n) is 3.62. The summed E-state index contributed by atoms with van der Waals surface area (Å²) in [6, 6.07) is 4.84. The lowest BCUT2D eigenvalue weighted by molar-refractivity contribution is -0.142. The van der Waals surface area contributed by atoms with Crippen LogP contribution in [0.15, 0.2) is 40.3 Å². The molecule has 0 aromatic heterocycles. The van der Waals surface area contributed by atoms with Crippen LogP contribution in [0.4, 0.5) is 4.39 Å². The Morgan fingerprint density at radius 3 is 2.67 bits per heavy atom. The van der Waals surface area contributed by atoms with Gasteiger partial charge >= 0.3 is 5.97 Å². The minimum absolute atomic E-state index is 0.0414. The summed E-state index contributed by atoms with van der Waals surface area (Å²) in [5.74, 6) is -0.670. The van der Waals surface area contributed by atoms with Crippen molar-refractivity contribution in [3.63, 3.8) is 0 Å². The van der Waals surface area contributed by atoms with Crippen LogP contribution in [-0.2, 0) is 16.0 Å². The Kier molecular flexibility index (Phi) is 5.54. The van der Waals surface area contributed by atoms with Gasteiger partial charge in [0.05, 0.1) is 24.6 Å². The number of aliphatic hydroxyl groups excluding tert-OH is 1. The van der Waals surface area contributed by atoms with E-state index in [2.05, 4.69) is 15.9 Å². The molecule has 7 heteroatoms. The monoisotopic (exact) mass is 400 g/mol. The molecule has 0 heterocycles. The number of methoxy groups -OCH3 is 1. The van der Waals surface area contributed by atoms with E-state index in [-0.39, 0.29) is 29.0 Å². The van der Waals surface area contributed by atoms with Crippen LogP contribution in [0.1, 0.15) is 19.4 Å². The lowest BCUT2D eigenvalue weighted by atomic mass is 10.1. The predicted octanol–water partition coefficient (Wildman–Crippen LogP) is 3.97. The first-order valence-electron chi connectivity index (χ1n) is 7.30. The third kappa shape index (κ3) is 3.56. The van der Waals surface area contributed by atoms with E-state index in [1.807, 2.05) is 0 Å². The molecule has 0 saturated heterocycles. The molecule has 130 valence electrons. The number of carbonyl (C=O) groups is 1. The van der Waals surface area contributed by atoms with Gasteiger partial charge in [-0.1, -0.05) is 6.07 Å². The van der Waals surface area contributed by atoms with Crippen LogP contribution in [0.3, 0.4) is 0 Å². The molecular weight excluding hydrogens is 383 g/mol. The summed E-state index contributed by atoms with van der Waals surface area (Å²) in [6.07, 6.45) is 1.10. The van der Waals surface area contributed by atoms with Crippen molar-refractivity contribution in [1.29, 1.82) is 0 Å². The maximum atomic E-state index is 14.2. The summed E-state index contributed by atoms with van der Waals surface area (Å²) in [4.78, 5) is 11.8. The third-order valence-corrected chi connectivity index (χ3v) is 4.22. The molecule has 0 bridgehead atoms. The van der Waals surface area contributed by atoms with Crippen molar-refractivity contribution < 1.29 is 28.5 Å². The number of aliphatic hydroxyl groups is 1. The van der Waals surface area contributed by atoms with E-state index >= 15 is 0 Å². The first-order valence-corrected chi connectivity index (χ1v) is 8.09. The molecule has 5 nitrogen and oxygen atoms in total. The first-order chi connectivity index (χ1) is 11.3. The number of halogens is 2. The molecule has 1 atom stereocenters. The van der Waals surface area contributed by atoms with Gasteiger partial charge in [0.15, 0.2) is 11.6 Å². The second-order valence-electron chi connectivity index (χ2n) is 5.28. The molecule has 0 saturated carbocycles. The van der Waals surface area contributed by atoms with Crippen LogP contribution < -0.4 is 9.47 Å². The Balaban J connectivity index is 2.37. The molecule has 1 N–H and O–H groups in total. The highest BCUT2D eigenvalue weighted by Crippen LogP contribution is 2.42. The Morgan fingerprint density at radius 1 is 1.42 bits per heavy atom. The normalized spacial score (nSPS) is 20.0. The van der Waals surface area contributed by atoms with E-state index in [1.54, 1.807) is 19.1 Å². The number of hydrogen-bond donors (Lipinski definition) is 1. The smallest absolute Gasteiger partial charge is 0.310 e. The molecule has 0 fully saturated rings. The SMILES string of the molecule is CCOC(=O)Cc1ccc(OC)cc1OC1(C)C(F)=CC(Br)=C1O. The Hall–Kier alpha value is -2.02. The van der Waals surface area contributed by atoms with Crippen molar-refractivity contribution in [3.05, 3.63) is 45.9 Å². The molecule has 0 amide bonds. The molecule has 0 aliphatic heterocycles. The maximum Gasteiger partial charge on any atom is 0.310 e. The van der Waals surface area contributed by atoms with Crippen LogP contribution in [0.5, 0.6) is 11.5 Å². The number of hydrogen-bond acceptors (Lipinski definition) is 5. The Labute approximate surface area is 147 Å². The molecule has 1 aromatic carbocycles. The van der Waals surface area contributed by atoms with Crippen molar-refractivity contribution in [2.45, 2.75) is 25.9 Å². The molecule has 0 spiro atoms. The van der Waals surface area contributed by atoms with Crippen LogP contribution in [0.25, 0.3) is 0 Å². The van der Waals surface area contributed by atoms with Crippen LogP contribution in [0, 0.1) is 0 Å². The zero-order chi connectivity index (χ0) is 17.9. The van der Waals surface area contributed by atoms with Gasteiger partial charge in [-0.15, -0.1) is 0 Å². The van der Waals surface area contributed by atoms with Crippen LogP contribution >= 0.6 is 15.9 Å². The van der Waals surface area contributed by atoms with Gasteiger partial charge in [0.2, 0.25) is 5.60 Å². The number of rotatable bonds is 6. The van der Waals surface area contributed by atoms with E-state index in [0.717, 1.165) is 6.08 Å². The van der Waals surface area contributed by atoms with Gasteiger partial charge < -0.3 is 19.3 Å². The van der Waals surface area contributed by atoms with E-state index in [9.17, 15) is 14.3 Å². The van der Waals surface area contributed by atoms with Gasteiger partial charge in [0, 0.05) is 11.6 Å². The number of benzene rings is 1. The predicted molar refractivity (Wildman–Crippen MR) is 90.1 cm³/mol. The second-order valence-corrected chi connectivity index (χ2v) is 6.13. The van der Waals surface area contributed by atoms with Crippen LogP contribution in [-0.4, -0.2) is 30.4 Å². The number of carbonyl (C=O) groups excluding carboxylic acids is 1. The van der Waals surface area contributed by atoms with Crippen molar-refractivity contribution in [3.8, 4) is 11.5 Å². The Bertz CT molecular complexity index is 713. The van der Waals surface area contributed by atoms with Crippen molar-refractivity contribution >= 4 is 21.9 Å². The fourth-order valence-corrected chi connectivity index (χ4v) is 2.83. The lowest BCUT2D eigenvalue weighted by Crippen LogP contribution is -2.34. The molecule has 24 heavy (non-hydrogen) atoms. The van der Waals surface area contributed by atoms with Crippen molar-refractivity contribution in [2.75, 3.05) is 13.7 Å². The highest BCUT2D eigenvalue weighted by atomic mass is 79.9. The number of ether oxygens (including phenoxy) is 3. The summed E-state index contributed by atoms with van der Waals surface area (Å²) in [6.45, 7) is 3.37. The molecule has 1 unspecified atom stereocenters. The number of allylic oxidation sites excluding steroid dienone is 2. The molecule has 1 aromatic rings. The molecule has 2 rings (SSSR count). The summed E-state index contributed by atoms with van der Waals surface area (Å²) in [7, 11) is 1.48. The van der Waals surface area contributed by atoms with E-state index in [1.165, 1.54) is 20.1 Å². The average Bonchev–Trinajstić information content (AvgIpc) is 2.72. The molecule has 0 radical (unpaired) electrons. The lowest BCUT2D eigenvalue weighted by Gasteiger charge is -2.27. The summed E-state index contributed by atoms with van der Waals surface area (Å²) >= 11 is 3.07. The van der Waals surface area contributed by atoms with Crippen molar-refractivity contribution in [2.24, 2.45) is 0 Å². The van der Waals surface area contributed by atoms with Gasteiger partial charge in [0.1, 0.15) is 11.5 Å². The highest BCUT2D eigenvalue weighted by Gasteiger charge is 2.43. The molecular formula is C17H18BrFO5. The van der Waals surface area contributed by atoms with Crippen LogP contribution in [0.2, 0.25) is 0 Å². The van der Waals surface area contributed by atoms with Crippen molar-refractivity contribution in [1.82, 2.24) is 0 Å². The van der Waals surface area contributed by atoms with E-state index in [0.29, 0.717) is 11.3 Å². The van der Waals surface area contributed by atoms with Gasteiger partial charge in [-0.3, -0.25) is 4.79 Å². The molecule has 1 aliphatic carbocycles. The summed E-state index contributed by atoms with van der Waals surface area (Å²) in [5, 5.41) is 10.1. The minimum atomic E-state index is -1.67. The zero-order valence-corrected chi connectivity index (χ0v) is 15.1. The largest absolute Gasteiger partial charge is 0.507 e. The van der Waals surface area contributed by atoms with E-state index in [4.69, 9.17) is 14.2 Å². The zero-order valence-electron chi connectivity index (χ0n) is 13.6. The topological polar surface area (TPSA) is 65.0 Å².